The first-order valence-electron chi connectivity index (χ1n) is 9.49. The third kappa shape index (κ3) is 7.12. The molecule has 0 saturated carbocycles. The summed E-state index contributed by atoms with van der Waals surface area (Å²) in [6.45, 7) is 8.36. The lowest BCUT2D eigenvalue weighted by Crippen LogP contribution is -2.13. The van der Waals surface area contributed by atoms with Crippen LogP contribution in [0.25, 0.3) is 11.3 Å². The number of nitrogen functional groups attached to an aromatic ring is 1. The number of hydrogen-bond acceptors (Lipinski definition) is 5. The number of halogens is 1. The zero-order valence-electron chi connectivity index (χ0n) is 17.2. The van der Waals surface area contributed by atoms with Crippen molar-refractivity contribution in [2.45, 2.75) is 40.5 Å². The van der Waals surface area contributed by atoms with E-state index in [0.29, 0.717) is 27.9 Å². The summed E-state index contributed by atoms with van der Waals surface area (Å²) in [6.07, 6.45) is 4.14. The minimum atomic E-state index is -0.642. The van der Waals surface area contributed by atoms with Gasteiger partial charge in [0.05, 0.1) is 10.7 Å². The Hall–Kier alpha value is -3.06. The zero-order chi connectivity index (χ0) is 21.8. The molecule has 8 heteroatoms. The summed E-state index contributed by atoms with van der Waals surface area (Å²) in [7, 11) is 0. The monoisotopic (exact) mass is 417 g/mol. The van der Waals surface area contributed by atoms with Crippen molar-refractivity contribution < 1.29 is 9.53 Å². The molecule has 0 aliphatic carbocycles. The van der Waals surface area contributed by atoms with Crippen molar-refractivity contribution in [3.8, 4) is 22.9 Å². The molecule has 0 atom stereocenters. The molecule has 29 heavy (non-hydrogen) atoms. The molecule has 2 aromatic heterocycles. The average Bonchev–Trinajstić information content (AvgIpc) is 3.13. The topological polar surface area (TPSA) is 120 Å². The average molecular weight is 418 g/mol. The van der Waals surface area contributed by atoms with E-state index in [1.165, 1.54) is 19.0 Å². The summed E-state index contributed by atoms with van der Waals surface area (Å²) in [5.41, 5.74) is 12.3. The van der Waals surface area contributed by atoms with Gasteiger partial charge in [-0.2, -0.15) is 5.10 Å². The smallest absolute Gasteiger partial charge is 0.254 e. The fourth-order valence-corrected chi connectivity index (χ4v) is 2.16. The van der Waals surface area contributed by atoms with Crippen LogP contribution < -0.4 is 16.2 Å². The van der Waals surface area contributed by atoms with Crippen LogP contribution in [-0.2, 0) is 0 Å². The Morgan fingerprint density at radius 3 is 2.21 bits per heavy atom. The molecule has 0 saturated heterocycles. The largest absolute Gasteiger partial charge is 0.439 e. The van der Waals surface area contributed by atoms with Gasteiger partial charge in [0.1, 0.15) is 11.3 Å². The number of rotatable bonds is 5. The lowest BCUT2D eigenvalue weighted by Gasteiger charge is -2.06. The number of carbonyl (C=O) groups is 1. The number of unbranched alkanes of at least 4 members (excludes halogenated alkanes) is 1. The number of nitrogens with zero attached hydrogens (tertiary/aromatic N) is 2. The molecule has 3 rings (SSSR count). The second-order valence-electron chi connectivity index (χ2n) is 5.66. The van der Waals surface area contributed by atoms with Crippen LogP contribution >= 0.6 is 11.6 Å². The molecular formula is C21H28ClN5O2. The standard InChI is InChI=1S/C15H12ClN5O2.C4H10.C2H6/c16-9-3-6-11(19-7-9)23-10-4-1-8(2-5-10)13-12(15(18)22)14(17)21-20-13;1-3-4-2;1-2/h1-7H,(H2,18,22)(H3,17,20,21);3-4H2,1-2H3;1-2H3. The number of aromatic nitrogens is 3. The summed E-state index contributed by atoms with van der Waals surface area (Å²) < 4.78 is 5.60. The lowest BCUT2D eigenvalue weighted by atomic mass is 10.1. The normalized spacial score (nSPS) is 9.55. The van der Waals surface area contributed by atoms with Crippen LogP contribution in [0.3, 0.4) is 0 Å². The zero-order valence-corrected chi connectivity index (χ0v) is 18.0. The molecule has 5 N–H and O–H groups in total. The van der Waals surface area contributed by atoms with E-state index in [4.69, 9.17) is 27.8 Å². The Bertz CT molecular complexity index is 875. The van der Waals surface area contributed by atoms with Gasteiger partial charge in [0.15, 0.2) is 5.82 Å². The summed E-state index contributed by atoms with van der Waals surface area (Å²) in [5, 5.41) is 7.05. The predicted octanol–water partition coefficient (Wildman–Crippen LogP) is 5.43. The van der Waals surface area contributed by atoms with Crippen molar-refractivity contribution in [1.82, 2.24) is 15.2 Å². The number of nitrogens with one attached hydrogen (secondary N) is 1. The molecule has 0 bridgehead atoms. The van der Waals surface area contributed by atoms with Crippen LogP contribution in [0.5, 0.6) is 11.6 Å². The minimum absolute atomic E-state index is 0.0678. The van der Waals surface area contributed by atoms with Gasteiger partial charge in [0.25, 0.3) is 5.91 Å². The number of ether oxygens (including phenoxy) is 1. The Morgan fingerprint density at radius 2 is 1.72 bits per heavy atom. The van der Waals surface area contributed by atoms with Gasteiger partial charge >= 0.3 is 0 Å². The van der Waals surface area contributed by atoms with Crippen molar-refractivity contribution >= 4 is 23.3 Å². The highest BCUT2D eigenvalue weighted by Gasteiger charge is 2.17. The van der Waals surface area contributed by atoms with E-state index in [2.05, 4.69) is 29.0 Å². The third-order valence-corrected chi connectivity index (χ3v) is 3.83. The number of benzene rings is 1. The fourth-order valence-electron chi connectivity index (χ4n) is 2.05. The molecule has 2 heterocycles. The number of pyridine rings is 1. The van der Waals surface area contributed by atoms with E-state index in [1.807, 2.05) is 13.8 Å². The highest BCUT2D eigenvalue weighted by Crippen LogP contribution is 2.28. The number of hydrogen-bond donors (Lipinski definition) is 3. The van der Waals surface area contributed by atoms with Crippen molar-refractivity contribution in [2.75, 3.05) is 5.73 Å². The second-order valence-corrected chi connectivity index (χ2v) is 6.10. The van der Waals surface area contributed by atoms with Gasteiger partial charge in [0, 0.05) is 17.8 Å². The van der Waals surface area contributed by atoms with E-state index in [0.717, 1.165) is 0 Å². The molecule has 0 unspecified atom stereocenters. The van der Waals surface area contributed by atoms with Crippen molar-refractivity contribution in [1.29, 1.82) is 0 Å². The maximum atomic E-state index is 11.5. The Labute approximate surface area is 176 Å². The molecule has 0 aliphatic heterocycles. The quantitative estimate of drug-likeness (QED) is 0.511. The summed E-state index contributed by atoms with van der Waals surface area (Å²) in [5.74, 6) is 0.428. The van der Waals surface area contributed by atoms with E-state index in [9.17, 15) is 4.79 Å². The van der Waals surface area contributed by atoms with Crippen molar-refractivity contribution in [3.63, 3.8) is 0 Å². The number of amides is 1. The summed E-state index contributed by atoms with van der Waals surface area (Å²) in [4.78, 5) is 15.5. The molecule has 0 spiro atoms. The number of carbonyl (C=O) groups excluding carboxylic acids is 1. The maximum absolute atomic E-state index is 11.5. The molecule has 1 aromatic carbocycles. The van der Waals surface area contributed by atoms with Crippen molar-refractivity contribution in [3.05, 3.63) is 53.2 Å². The number of primary amides is 1. The first-order chi connectivity index (χ1) is 14.0. The Kier molecular flexibility index (Phi) is 10.3. The van der Waals surface area contributed by atoms with Gasteiger partial charge in [-0.25, -0.2) is 4.98 Å². The first kappa shape index (κ1) is 24.0. The molecule has 0 fully saturated rings. The predicted molar refractivity (Wildman–Crippen MR) is 118 cm³/mol. The molecule has 3 aromatic rings. The Balaban J connectivity index is 0.000000627. The van der Waals surface area contributed by atoms with Crippen LogP contribution in [-0.4, -0.2) is 21.1 Å². The van der Waals surface area contributed by atoms with Crippen LogP contribution in [0.2, 0.25) is 5.02 Å². The Morgan fingerprint density at radius 1 is 1.10 bits per heavy atom. The molecule has 7 nitrogen and oxygen atoms in total. The van der Waals surface area contributed by atoms with Gasteiger partial charge in [-0.15, -0.1) is 0 Å². The highest BCUT2D eigenvalue weighted by atomic mass is 35.5. The van der Waals surface area contributed by atoms with Gasteiger partial charge in [-0.1, -0.05) is 52.1 Å². The van der Waals surface area contributed by atoms with E-state index >= 15 is 0 Å². The molecule has 156 valence electrons. The minimum Gasteiger partial charge on any atom is -0.439 e. The van der Waals surface area contributed by atoms with E-state index < -0.39 is 5.91 Å². The summed E-state index contributed by atoms with van der Waals surface area (Å²) in [6, 6.07) is 10.3. The lowest BCUT2D eigenvalue weighted by molar-refractivity contribution is 0.100. The second kappa shape index (κ2) is 12.4. The van der Waals surface area contributed by atoms with Gasteiger partial charge in [-0.3, -0.25) is 9.89 Å². The van der Waals surface area contributed by atoms with Crippen molar-refractivity contribution in [2.24, 2.45) is 5.73 Å². The fraction of sp³-hybridized carbons (Fsp3) is 0.286. The van der Waals surface area contributed by atoms with Gasteiger partial charge < -0.3 is 16.2 Å². The maximum Gasteiger partial charge on any atom is 0.254 e. The number of aromatic amines is 1. The van der Waals surface area contributed by atoms with Crippen LogP contribution in [0.1, 0.15) is 50.9 Å². The van der Waals surface area contributed by atoms with Crippen LogP contribution in [0, 0.1) is 0 Å². The SMILES string of the molecule is CC.CCCC.NC(=O)c1c(N)n[nH]c1-c1ccc(Oc2ccc(Cl)cn2)cc1. The van der Waals surface area contributed by atoms with E-state index in [-0.39, 0.29) is 11.4 Å². The van der Waals surface area contributed by atoms with Crippen LogP contribution in [0.15, 0.2) is 42.6 Å². The van der Waals surface area contributed by atoms with Crippen LogP contribution in [0.4, 0.5) is 5.82 Å². The van der Waals surface area contributed by atoms with Gasteiger partial charge in [0.2, 0.25) is 5.88 Å². The molecule has 1 amide bonds. The highest BCUT2D eigenvalue weighted by molar-refractivity contribution is 6.30. The van der Waals surface area contributed by atoms with E-state index in [1.54, 1.807) is 36.4 Å². The molecule has 0 radical (unpaired) electrons. The number of anilines is 1. The third-order valence-electron chi connectivity index (χ3n) is 3.61. The number of H-pyrrole nitrogens is 1. The molecule has 0 aliphatic rings. The molecular weight excluding hydrogens is 390 g/mol. The number of nitrogens with two attached hydrogens (primary N) is 2. The summed E-state index contributed by atoms with van der Waals surface area (Å²) >= 11 is 5.77. The van der Waals surface area contributed by atoms with Gasteiger partial charge in [-0.05, 0) is 30.3 Å². The first-order valence-corrected chi connectivity index (χ1v) is 9.87.